The van der Waals surface area contributed by atoms with Gasteiger partial charge in [0.25, 0.3) is 0 Å². The number of carbonyl (C=O) groups is 1. The fourth-order valence-corrected chi connectivity index (χ4v) is 5.74. The van der Waals surface area contributed by atoms with Crippen molar-refractivity contribution in [1.82, 2.24) is 14.5 Å². The van der Waals surface area contributed by atoms with Gasteiger partial charge in [-0.2, -0.15) is 4.31 Å². The Morgan fingerprint density at radius 2 is 1.70 bits per heavy atom. The standard InChI is InChI=1S/C23H28ClN3O5S/c1-16(2)22(17-6-7-20-21(14-17)32-13-12-31-20)25-23(28)26-8-10-27(11-9-26)33(29,30)19-5-3-4-18(24)15-19/h3-7,14-16,22H,8-13H2,1-2H3,(H,25,28)/t22-/m1/s1. The summed E-state index contributed by atoms with van der Waals surface area (Å²) in [5, 5.41) is 3.48. The average Bonchev–Trinajstić information content (AvgIpc) is 2.82. The largest absolute Gasteiger partial charge is 0.486 e. The molecule has 1 fully saturated rings. The van der Waals surface area contributed by atoms with Crippen LogP contribution >= 0.6 is 11.6 Å². The van der Waals surface area contributed by atoms with E-state index in [9.17, 15) is 13.2 Å². The van der Waals surface area contributed by atoms with E-state index in [-0.39, 0.29) is 36.0 Å². The molecule has 2 heterocycles. The maximum atomic E-state index is 13.0. The third kappa shape index (κ3) is 5.20. The second kappa shape index (κ2) is 9.79. The number of amides is 2. The summed E-state index contributed by atoms with van der Waals surface area (Å²) in [6, 6.07) is 11.5. The molecule has 178 valence electrons. The molecule has 0 saturated carbocycles. The lowest BCUT2D eigenvalue weighted by Crippen LogP contribution is -2.53. The number of fused-ring (bicyclic) bond motifs is 1. The number of rotatable bonds is 5. The van der Waals surface area contributed by atoms with Gasteiger partial charge in [0.05, 0.1) is 10.9 Å². The van der Waals surface area contributed by atoms with E-state index in [1.807, 2.05) is 32.0 Å². The number of hydrogen-bond acceptors (Lipinski definition) is 5. The number of piperazine rings is 1. The molecule has 2 aromatic carbocycles. The SMILES string of the molecule is CC(C)[C@@H](NC(=O)N1CCN(S(=O)(=O)c2cccc(Cl)c2)CC1)c1ccc2c(c1)OCCO2. The first-order valence-electron chi connectivity index (χ1n) is 11.0. The molecule has 4 rings (SSSR count). The molecular weight excluding hydrogens is 466 g/mol. The summed E-state index contributed by atoms with van der Waals surface area (Å²) in [6.07, 6.45) is 0. The highest BCUT2D eigenvalue weighted by atomic mass is 35.5. The maximum absolute atomic E-state index is 13.0. The van der Waals surface area contributed by atoms with Gasteiger partial charge in [0.1, 0.15) is 13.2 Å². The lowest BCUT2D eigenvalue weighted by atomic mass is 9.95. The van der Waals surface area contributed by atoms with Crippen molar-refractivity contribution in [1.29, 1.82) is 0 Å². The fourth-order valence-electron chi connectivity index (χ4n) is 4.02. The summed E-state index contributed by atoms with van der Waals surface area (Å²) in [5.41, 5.74) is 0.935. The van der Waals surface area contributed by atoms with Crippen molar-refractivity contribution in [3.63, 3.8) is 0 Å². The van der Waals surface area contributed by atoms with Gasteiger partial charge in [-0.3, -0.25) is 0 Å². The van der Waals surface area contributed by atoms with Gasteiger partial charge >= 0.3 is 6.03 Å². The Labute approximate surface area is 199 Å². The van der Waals surface area contributed by atoms with Crippen molar-refractivity contribution in [3.8, 4) is 11.5 Å². The minimum atomic E-state index is -3.66. The minimum absolute atomic E-state index is 0.140. The van der Waals surface area contributed by atoms with Crippen molar-refractivity contribution in [2.24, 2.45) is 5.92 Å². The lowest BCUT2D eigenvalue weighted by Gasteiger charge is -2.35. The molecule has 0 aromatic heterocycles. The highest BCUT2D eigenvalue weighted by Crippen LogP contribution is 2.34. The van der Waals surface area contributed by atoms with Crippen LogP contribution in [0.2, 0.25) is 5.02 Å². The van der Waals surface area contributed by atoms with E-state index in [0.717, 1.165) is 5.56 Å². The molecule has 1 atom stereocenters. The number of ether oxygens (including phenoxy) is 2. The average molecular weight is 494 g/mol. The van der Waals surface area contributed by atoms with Gasteiger partial charge in [0.15, 0.2) is 11.5 Å². The van der Waals surface area contributed by atoms with Crippen LogP contribution in [0.3, 0.4) is 0 Å². The lowest BCUT2D eigenvalue weighted by molar-refractivity contribution is 0.165. The van der Waals surface area contributed by atoms with Gasteiger partial charge in [-0.15, -0.1) is 0 Å². The highest BCUT2D eigenvalue weighted by Gasteiger charge is 2.31. The maximum Gasteiger partial charge on any atom is 0.317 e. The second-order valence-corrected chi connectivity index (χ2v) is 10.8. The first kappa shape index (κ1) is 23.7. The van der Waals surface area contributed by atoms with Crippen LogP contribution in [0, 0.1) is 5.92 Å². The van der Waals surface area contributed by atoms with E-state index < -0.39 is 10.0 Å². The van der Waals surface area contributed by atoms with E-state index in [0.29, 0.717) is 42.8 Å². The van der Waals surface area contributed by atoms with Crippen LogP contribution in [0.5, 0.6) is 11.5 Å². The quantitative estimate of drug-likeness (QED) is 0.688. The number of carbonyl (C=O) groups excluding carboxylic acids is 1. The van der Waals surface area contributed by atoms with Crippen LogP contribution in [-0.4, -0.2) is 63.0 Å². The molecule has 1 saturated heterocycles. The Morgan fingerprint density at radius 3 is 2.36 bits per heavy atom. The predicted molar refractivity (Wildman–Crippen MR) is 125 cm³/mol. The molecule has 1 N–H and O–H groups in total. The van der Waals surface area contributed by atoms with Crippen molar-refractivity contribution in [2.75, 3.05) is 39.4 Å². The first-order chi connectivity index (χ1) is 15.8. The molecule has 33 heavy (non-hydrogen) atoms. The minimum Gasteiger partial charge on any atom is -0.486 e. The Kier molecular flexibility index (Phi) is 7.02. The number of benzene rings is 2. The smallest absolute Gasteiger partial charge is 0.317 e. The summed E-state index contributed by atoms with van der Waals surface area (Å²) in [7, 11) is -3.66. The molecule has 2 aliphatic rings. The molecule has 2 aliphatic heterocycles. The number of urea groups is 1. The predicted octanol–water partition coefficient (Wildman–Crippen LogP) is 3.52. The molecular formula is C23H28ClN3O5S. The van der Waals surface area contributed by atoms with Crippen LogP contribution in [0.1, 0.15) is 25.5 Å². The molecule has 10 heteroatoms. The van der Waals surface area contributed by atoms with Crippen molar-refractivity contribution < 1.29 is 22.7 Å². The van der Waals surface area contributed by atoms with Crippen molar-refractivity contribution in [3.05, 3.63) is 53.1 Å². The van der Waals surface area contributed by atoms with Crippen LogP contribution in [0.25, 0.3) is 0 Å². The summed E-state index contributed by atoms with van der Waals surface area (Å²) < 4.78 is 38.5. The van der Waals surface area contributed by atoms with E-state index in [4.69, 9.17) is 21.1 Å². The zero-order chi connectivity index (χ0) is 23.6. The zero-order valence-electron chi connectivity index (χ0n) is 18.7. The van der Waals surface area contributed by atoms with E-state index in [1.165, 1.54) is 16.4 Å². The Bertz CT molecular complexity index is 1120. The van der Waals surface area contributed by atoms with E-state index in [2.05, 4.69) is 5.32 Å². The number of nitrogens with one attached hydrogen (secondary N) is 1. The molecule has 0 radical (unpaired) electrons. The summed E-state index contributed by atoms with van der Waals surface area (Å²) >= 11 is 5.96. The number of nitrogens with zero attached hydrogens (tertiary/aromatic N) is 2. The van der Waals surface area contributed by atoms with Crippen molar-refractivity contribution in [2.45, 2.75) is 24.8 Å². The molecule has 0 spiro atoms. The molecule has 2 amide bonds. The van der Waals surface area contributed by atoms with Gasteiger partial charge in [-0.05, 0) is 41.8 Å². The Balaban J connectivity index is 1.40. The third-order valence-electron chi connectivity index (χ3n) is 5.83. The summed E-state index contributed by atoms with van der Waals surface area (Å²) in [5.74, 6) is 1.52. The molecule has 2 aromatic rings. The summed E-state index contributed by atoms with van der Waals surface area (Å²) in [4.78, 5) is 14.8. The third-order valence-corrected chi connectivity index (χ3v) is 7.96. The van der Waals surface area contributed by atoms with Gasteiger partial charge in [-0.25, -0.2) is 13.2 Å². The first-order valence-corrected chi connectivity index (χ1v) is 12.8. The normalized spacial score (nSPS) is 17.6. The van der Waals surface area contributed by atoms with Gasteiger partial charge < -0.3 is 19.7 Å². The molecule has 0 unspecified atom stereocenters. The van der Waals surface area contributed by atoms with Gasteiger partial charge in [0, 0.05) is 31.2 Å². The molecule has 8 nitrogen and oxygen atoms in total. The van der Waals surface area contributed by atoms with E-state index >= 15 is 0 Å². The topological polar surface area (TPSA) is 88.2 Å². The molecule has 0 bridgehead atoms. The fraction of sp³-hybridized carbons (Fsp3) is 0.435. The van der Waals surface area contributed by atoms with E-state index in [1.54, 1.807) is 17.0 Å². The van der Waals surface area contributed by atoms with Gasteiger partial charge in [-0.1, -0.05) is 37.6 Å². The monoisotopic (exact) mass is 493 g/mol. The zero-order valence-corrected chi connectivity index (χ0v) is 20.2. The Hall–Kier alpha value is -2.49. The number of hydrogen-bond donors (Lipinski definition) is 1. The van der Waals surface area contributed by atoms with Crippen LogP contribution in [0.4, 0.5) is 4.79 Å². The van der Waals surface area contributed by atoms with Crippen LogP contribution in [0.15, 0.2) is 47.4 Å². The number of sulfonamides is 1. The summed E-state index contributed by atoms with van der Waals surface area (Å²) in [6.45, 7) is 6.15. The highest BCUT2D eigenvalue weighted by molar-refractivity contribution is 7.89. The van der Waals surface area contributed by atoms with Crippen molar-refractivity contribution >= 4 is 27.7 Å². The molecule has 0 aliphatic carbocycles. The number of halogens is 1. The van der Waals surface area contributed by atoms with Crippen LogP contribution in [-0.2, 0) is 10.0 Å². The second-order valence-electron chi connectivity index (χ2n) is 8.42. The van der Waals surface area contributed by atoms with Crippen LogP contribution < -0.4 is 14.8 Å². The van der Waals surface area contributed by atoms with Gasteiger partial charge in [0.2, 0.25) is 10.0 Å². The Morgan fingerprint density at radius 1 is 1.00 bits per heavy atom.